The summed E-state index contributed by atoms with van der Waals surface area (Å²) in [4.78, 5) is 12.3. The normalized spacial score (nSPS) is 24.3. The fraction of sp³-hybridized carbons (Fsp3) is 0.500. The van der Waals surface area contributed by atoms with Crippen molar-refractivity contribution in [1.82, 2.24) is 0 Å². The third-order valence-corrected chi connectivity index (χ3v) is 5.26. The van der Waals surface area contributed by atoms with E-state index in [9.17, 15) is 17.6 Å². The molecule has 0 spiro atoms. The molecule has 21 heavy (non-hydrogen) atoms. The summed E-state index contributed by atoms with van der Waals surface area (Å²) in [5.74, 6) is -1.23. The Kier molecular flexibility index (Phi) is 4.51. The summed E-state index contributed by atoms with van der Waals surface area (Å²) in [6, 6.07) is 5.44. The SMILES string of the molecule is CCOC(=O)C1(Nc2ccc(F)cc2)CCCS(=O)(=O)C1. The first-order valence-electron chi connectivity index (χ1n) is 6.78. The van der Waals surface area contributed by atoms with Crippen molar-refractivity contribution in [3.8, 4) is 0 Å². The van der Waals surface area contributed by atoms with Gasteiger partial charge in [0.25, 0.3) is 0 Å². The van der Waals surface area contributed by atoms with Crippen molar-refractivity contribution in [2.24, 2.45) is 0 Å². The van der Waals surface area contributed by atoms with Gasteiger partial charge in [0.05, 0.1) is 18.1 Å². The first-order valence-corrected chi connectivity index (χ1v) is 8.60. The number of anilines is 1. The Morgan fingerprint density at radius 1 is 1.38 bits per heavy atom. The predicted octanol–water partition coefficient (Wildman–Crippen LogP) is 1.75. The molecular weight excluding hydrogens is 297 g/mol. The van der Waals surface area contributed by atoms with Crippen molar-refractivity contribution >= 4 is 21.5 Å². The highest BCUT2D eigenvalue weighted by molar-refractivity contribution is 7.91. The smallest absolute Gasteiger partial charge is 0.332 e. The van der Waals surface area contributed by atoms with Gasteiger partial charge in [-0.1, -0.05) is 0 Å². The average Bonchev–Trinajstić information content (AvgIpc) is 2.40. The molecule has 0 amide bonds. The maximum absolute atomic E-state index is 12.9. The molecule has 0 radical (unpaired) electrons. The molecule has 1 unspecified atom stereocenters. The summed E-state index contributed by atoms with van der Waals surface area (Å²) in [5.41, 5.74) is -0.813. The minimum Gasteiger partial charge on any atom is -0.464 e. The molecule has 1 fully saturated rings. The van der Waals surface area contributed by atoms with E-state index in [0.717, 1.165) is 0 Å². The van der Waals surface area contributed by atoms with Gasteiger partial charge in [-0.25, -0.2) is 17.6 Å². The maximum atomic E-state index is 12.9. The van der Waals surface area contributed by atoms with Crippen LogP contribution in [0.3, 0.4) is 0 Å². The standard InChI is InChI=1S/C14H18FNO4S/c1-2-20-13(17)14(8-3-9-21(18,19)10-14)16-12-6-4-11(15)5-7-12/h4-7,16H,2-3,8-10H2,1H3. The molecule has 1 N–H and O–H groups in total. The van der Waals surface area contributed by atoms with Gasteiger partial charge in [-0.3, -0.25) is 0 Å². The van der Waals surface area contributed by atoms with Gasteiger partial charge < -0.3 is 10.1 Å². The molecule has 0 aromatic heterocycles. The number of esters is 1. The minimum atomic E-state index is -3.32. The lowest BCUT2D eigenvalue weighted by atomic mass is 9.95. The van der Waals surface area contributed by atoms with Crippen LogP contribution in [0.25, 0.3) is 0 Å². The van der Waals surface area contributed by atoms with Gasteiger partial charge in [0, 0.05) is 5.69 Å². The highest BCUT2D eigenvalue weighted by Crippen LogP contribution is 2.29. The fourth-order valence-electron chi connectivity index (χ4n) is 2.50. The quantitative estimate of drug-likeness (QED) is 0.857. The van der Waals surface area contributed by atoms with Gasteiger partial charge >= 0.3 is 5.97 Å². The second-order valence-electron chi connectivity index (χ2n) is 5.13. The van der Waals surface area contributed by atoms with Crippen LogP contribution in [0.1, 0.15) is 19.8 Å². The summed E-state index contributed by atoms with van der Waals surface area (Å²) in [6.07, 6.45) is 0.748. The van der Waals surface area contributed by atoms with Crippen LogP contribution in [-0.4, -0.2) is 38.0 Å². The second-order valence-corrected chi connectivity index (χ2v) is 7.31. The predicted molar refractivity (Wildman–Crippen MR) is 77.3 cm³/mol. The lowest BCUT2D eigenvalue weighted by molar-refractivity contribution is -0.148. The number of ether oxygens (including phenoxy) is 1. The fourth-order valence-corrected chi connectivity index (χ4v) is 4.32. The van der Waals surface area contributed by atoms with Crippen molar-refractivity contribution in [3.63, 3.8) is 0 Å². The molecule has 1 heterocycles. The number of nitrogens with one attached hydrogen (secondary N) is 1. The van der Waals surface area contributed by atoms with E-state index in [2.05, 4.69) is 5.32 Å². The summed E-state index contributed by atoms with van der Waals surface area (Å²) in [7, 11) is -3.32. The first kappa shape index (κ1) is 15.8. The maximum Gasteiger partial charge on any atom is 0.332 e. The summed E-state index contributed by atoms with van der Waals surface area (Å²) < 4.78 is 41.8. The van der Waals surface area contributed by atoms with Crippen molar-refractivity contribution < 1.29 is 22.3 Å². The molecule has 1 aromatic rings. The zero-order valence-electron chi connectivity index (χ0n) is 11.8. The van der Waals surface area contributed by atoms with Gasteiger partial charge in [-0.15, -0.1) is 0 Å². The number of carbonyl (C=O) groups excluding carboxylic acids is 1. The van der Waals surface area contributed by atoms with Gasteiger partial charge in [0.15, 0.2) is 9.84 Å². The zero-order chi connectivity index (χ0) is 15.5. The number of halogens is 1. The van der Waals surface area contributed by atoms with E-state index < -0.39 is 27.2 Å². The summed E-state index contributed by atoms with van der Waals surface area (Å²) >= 11 is 0. The van der Waals surface area contributed by atoms with E-state index in [1.807, 2.05) is 0 Å². The van der Waals surface area contributed by atoms with Crippen LogP contribution in [0, 0.1) is 5.82 Å². The third kappa shape index (κ3) is 3.72. The Hall–Kier alpha value is -1.63. The van der Waals surface area contributed by atoms with Crippen LogP contribution in [0.2, 0.25) is 0 Å². The Morgan fingerprint density at radius 2 is 2.05 bits per heavy atom. The molecule has 1 aliphatic rings. The molecule has 0 saturated carbocycles. The van der Waals surface area contributed by atoms with Crippen LogP contribution in [0.4, 0.5) is 10.1 Å². The van der Waals surface area contributed by atoms with Gasteiger partial charge in [0.2, 0.25) is 0 Å². The number of carbonyl (C=O) groups is 1. The molecular formula is C14H18FNO4S. The molecule has 0 bridgehead atoms. The highest BCUT2D eigenvalue weighted by atomic mass is 32.2. The number of hydrogen-bond acceptors (Lipinski definition) is 5. The molecule has 1 aromatic carbocycles. The van der Waals surface area contributed by atoms with Gasteiger partial charge in [0.1, 0.15) is 11.4 Å². The van der Waals surface area contributed by atoms with E-state index in [-0.39, 0.29) is 18.1 Å². The number of rotatable bonds is 4. The Morgan fingerprint density at radius 3 is 2.62 bits per heavy atom. The molecule has 7 heteroatoms. The van der Waals surface area contributed by atoms with Crippen LogP contribution in [-0.2, 0) is 19.4 Å². The molecule has 116 valence electrons. The molecule has 5 nitrogen and oxygen atoms in total. The molecule has 1 saturated heterocycles. The van der Waals surface area contributed by atoms with Crippen molar-refractivity contribution in [1.29, 1.82) is 0 Å². The van der Waals surface area contributed by atoms with E-state index >= 15 is 0 Å². The largest absolute Gasteiger partial charge is 0.464 e. The average molecular weight is 315 g/mol. The second kappa shape index (κ2) is 6.01. The summed E-state index contributed by atoms with van der Waals surface area (Å²) in [6.45, 7) is 1.84. The van der Waals surface area contributed by atoms with Crippen LogP contribution < -0.4 is 5.32 Å². The molecule has 1 aliphatic heterocycles. The van der Waals surface area contributed by atoms with Crippen LogP contribution >= 0.6 is 0 Å². The molecule has 1 atom stereocenters. The third-order valence-electron chi connectivity index (χ3n) is 3.42. The summed E-state index contributed by atoms with van der Waals surface area (Å²) in [5, 5.41) is 2.94. The van der Waals surface area contributed by atoms with Crippen molar-refractivity contribution in [2.45, 2.75) is 25.3 Å². The van der Waals surface area contributed by atoms with Crippen molar-refractivity contribution in [2.75, 3.05) is 23.4 Å². The Balaban J connectivity index is 2.31. The molecule has 0 aliphatic carbocycles. The number of sulfone groups is 1. The van der Waals surface area contributed by atoms with Gasteiger partial charge in [-0.2, -0.15) is 0 Å². The highest BCUT2D eigenvalue weighted by Gasteiger charge is 2.46. The minimum absolute atomic E-state index is 0.0687. The van der Waals surface area contributed by atoms with Gasteiger partial charge in [-0.05, 0) is 44.0 Å². The van der Waals surface area contributed by atoms with Crippen LogP contribution in [0.15, 0.2) is 24.3 Å². The van der Waals surface area contributed by atoms with E-state index in [1.165, 1.54) is 24.3 Å². The van der Waals surface area contributed by atoms with Crippen molar-refractivity contribution in [3.05, 3.63) is 30.1 Å². The van der Waals surface area contributed by atoms with E-state index in [1.54, 1.807) is 6.92 Å². The Labute approximate surface area is 123 Å². The topological polar surface area (TPSA) is 72.5 Å². The Bertz CT molecular complexity index is 614. The monoisotopic (exact) mass is 315 g/mol. The molecule has 2 rings (SSSR count). The zero-order valence-corrected chi connectivity index (χ0v) is 12.6. The number of hydrogen-bond donors (Lipinski definition) is 1. The number of benzene rings is 1. The van der Waals surface area contributed by atoms with Crippen LogP contribution in [0.5, 0.6) is 0 Å². The lowest BCUT2D eigenvalue weighted by Gasteiger charge is -2.36. The van der Waals surface area contributed by atoms with E-state index in [0.29, 0.717) is 18.5 Å². The van der Waals surface area contributed by atoms with E-state index in [4.69, 9.17) is 4.74 Å². The lowest BCUT2D eigenvalue weighted by Crippen LogP contribution is -2.55. The first-order chi connectivity index (χ1) is 9.87.